The predicted molar refractivity (Wildman–Crippen MR) is 57.7 cm³/mol. The van der Waals surface area contributed by atoms with Crippen molar-refractivity contribution < 1.29 is 4.74 Å². The molecule has 0 amide bonds. The highest BCUT2D eigenvalue weighted by Crippen LogP contribution is 2.08. The molecule has 0 bridgehead atoms. The van der Waals surface area contributed by atoms with Crippen molar-refractivity contribution in [3.05, 3.63) is 23.9 Å². The molecule has 0 aliphatic heterocycles. The predicted octanol–water partition coefficient (Wildman–Crippen LogP) is 1.63. The van der Waals surface area contributed by atoms with E-state index in [1.807, 2.05) is 19.3 Å². The van der Waals surface area contributed by atoms with Gasteiger partial charge in [-0.2, -0.15) is 0 Å². The third-order valence-corrected chi connectivity index (χ3v) is 2.15. The number of nitrogens with zero attached hydrogens (tertiary/aromatic N) is 1. The fraction of sp³-hybridized carbons (Fsp3) is 0.545. The number of rotatable bonds is 6. The van der Waals surface area contributed by atoms with Gasteiger partial charge in [-0.1, -0.05) is 6.07 Å². The summed E-state index contributed by atoms with van der Waals surface area (Å²) in [6.45, 7) is 1.09. The third kappa shape index (κ3) is 3.75. The van der Waals surface area contributed by atoms with Gasteiger partial charge in [0.15, 0.2) is 0 Å². The lowest BCUT2D eigenvalue weighted by atomic mass is 10.1. The van der Waals surface area contributed by atoms with Crippen molar-refractivity contribution in [2.75, 3.05) is 20.7 Å². The molecule has 0 fully saturated rings. The first-order valence-corrected chi connectivity index (χ1v) is 5.00. The monoisotopic (exact) mass is 194 g/mol. The molecule has 0 spiro atoms. The largest absolute Gasteiger partial charge is 0.481 e. The summed E-state index contributed by atoms with van der Waals surface area (Å²) in [5.74, 6) is 0.684. The number of pyridine rings is 1. The highest BCUT2D eigenvalue weighted by molar-refractivity contribution is 5.17. The first kappa shape index (κ1) is 11.0. The zero-order valence-corrected chi connectivity index (χ0v) is 8.92. The van der Waals surface area contributed by atoms with Gasteiger partial charge in [-0.15, -0.1) is 0 Å². The van der Waals surface area contributed by atoms with Crippen molar-refractivity contribution in [1.29, 1.82) is 0 Å². The summed E-state index contributed by atoms with van der Waals surface area (Å²) in [4.78, 5) is 4.16. The average Bonchev–Trinajstić information content (AvgIpc) is 2.25. The second kappa shape index (κ2) is 6.38. The Balaban J connectivity index is 2.29. The van der Waals surface area contributed by atoms with Crippen LogP contribution < -0.4 is 10.1 Å². The quantitative estimate of drug-likeness (QED) is 0.699. The van der Waals surface area contributed by atoms with Gasteiger partial charge in [-0.05, 0) is 38.4 Å². The Kier molecular flexibility index (Phi) is 5.00. The van der Waals surface area contributed by atoms with Crippen molar-refractivity contribution >= 4 is 0 Å². The van der Waals surface area contributed by atoms with Gasteiger partial charge in [0.05, 0.1) is 7.11 Å². The van der Waals surface area contributed by atoms with Gasteiger partial charge in [0.25, 0.3) is 0 Å². The van der Waals surface area contributed by atoms with Gasteiger partial charge in [0.2, 0.25) is 5.88 Å². The van der Waals surface area contributed by atoms with E-state index in [9.17, 15) is 0 Å². The van der Waals surface area contributed by atoms with Crippen LogP contribution in [-0.4, -0.2) is 25.7 Å². The Morgan fingerprint density at radius 1 is 1.36 bits per heavy atom. The van der Waals surface area contributed by atoms with Crippen molar-refractivity contribution in [1.82, 2.24) is 10.3 Å². The number of nitrogens with one attached hydrogen (secondary N) is 1. The number of aryl methyl sites for hydroxylation is 1. The Hall–Kier alpha value is -1.09. The SMILES string of the molecule is CNCCCCc1ccc(OC)nc1. The van der Waals surface area contributed by atoms with Gasteiger partial charge in [0, 0.05) is 12.3 Å². The molecule has 1 aromatic heterocycles. The molecule has 0 aliphatic rings. The molecule has 14 heavy (non-hydrogen) atoms. The summed E-state index contributed by atoms with van der Waals surface area (Å²) in [7, 11) is 3.61. The molecule has 78 valence electrons. The molecule has 0 saturated carbocycles. The first-order chi connectivity index (χ1) is 6.86. The Morgan fingerprint density at radius 3 is 2.79 bits per heavy atom. The second-order valence-electron chi connectivity index (χ2n) is 3.27. The number of methoxy groups -OCH3 is 1. The topological polar surface area (TPSA) is 34.1 Å². The zero-order chi connectivity index (χ0) is 10.2. The molecule has 0 saturated heterocycles. The van der Waals surface area contributed by atoms with Crippen molar-refractivity contribution in [3.63, 3.8) is 0 Å². The van der Waals surface area contributed by atoms with Crippen LogP contribution in [0.3, 0.4) is 0 Å². The average molecular weight is 194 g/mol. The molecule has 3 nitrogen and oxygen atoms in total. The van der Waals surface area contributed by atoms with Crippen molar-refractivity contribution in [2.45, 2.75) is 19.3 Å². The van der Waals surface area contributed by atoms with Gasteiger partial charge < -0.3 is 10.1 Å². The van der Waals surface area contributed by atoms with E-state index in [0.29, 0.717) is 5.88 Å². The Bertz CT molecular complexity index is 246. The highest BCUT2D eigenvalue weighted by atomic mass is 16.5. The van der Waals surface area contributed by atoms with E-state index in [1.54, 1.807) is 7.11 Å². The first-order valence-electron chi connectivity index (χ1n) is 5.00. The van der Waals surface area contributed by atoms with Gasteiger partial charge in [-0.3, -0.25) is 0 Å². The molecule has 3 heteroatoms. The summed E-state index contributed by atoms with van der Waals surface area (Å²) in [6, 6.07) is 3.98. The minimum atomic E-state index is 0.684. The Morgan fingerprint density at radius 2 is 2.21 bits per heavy atom. The van der Waals surface area contributed by atoms with Crippen LogP contribution in [0, 0.1) is 0 Å². The number of hydrogen-bond donors (Lipinski definition) is 1. The molecule has 0 unspecified atom stereocenters. The molecule has 0 aliphatic carbocycles. The summed E-state index contributed by atoms with van der Waals surface area (Å²) in [5, 5.41) is 3.14. The molecule has 0 radical (unpaired) electrons. The van der Waals surface area contributed by atoms with Crippen LogP contribution in [0.4, 0.5) is 0 Å². The van der Waals surface area contributed by atoms with Crippen molar-refractivity contribution in [2.24, 2.45) is 0 Å². The lowest BCUT2D eigenvalue weighted by Crippen LogP contribution is -2.07. The van der Waals surface area contributed by atoms with Crippen LogP contribution in [0.2, 0.25) is 0 Å². The number of ether oxygens (including phenoxy) is 1. The summed E-state index contributed by atoms with van der Waals surface area (Å²) >= 11 is 0. The lowest BCUT2D eigenvalue weighted by molar-refractivity contribution is 0.397. The lowest BCUT2D eigenvalue weighted by Gasteiger charge is -2.02. The number of hydrogen-bond acceptors (Lipinski definition) is 3. The van der Waals surface area contributed by atoms with Gasteiger partial charge in [-0.25, -0.2) is 4.98 Å². The molecular formula is C11H18N2O. The van der Waals surface area contributed by atoms with E-state index in [4.69, 9.17) is 4.74 Å². The third-order valence-electron chi connectivity index (χ3n) is 2.15. The van der Waals surface area contributed by atoms with Crippen LogP contribution in [0.25, 0.3) is 0 Å². The highest BCUT2D eigenvalue weighted by Gasteiger charge is 1.95. The minimum Gasteiger partial charge on any atom is -0.481 e. The van der Waals surface area contributed by atoms with Crippen molar-refractivity contribution in [3.8, 4) is 5.88 Å². The summed E-state index contributed by atoms with van der Waals surface area (Å²) < 4.78 is 4.99. The summed E-state index contributed by atoms with van der Waals surface area (Å²) in [5.41, 5.74) is 1.28. The van der Waals surface area contributed by atoms with E-state index in [1.165, 1.54) is 18.4 Å². The maximum Gasteiger partial charge on any atom is 0.212 e. The summed E-state index contributed by atoms with van der Waals surface area (Å²) in [6.07, 6.45) is 5.40. The van der Waals surface area contributed by atoms with Gasteiger partial charge >= 0.3 is 0 Å². The molecule has 0 atom stereocenters. The fourth-order valence-electron chi connectivity index (χ4n) is 1.31. The molecule has 1 heterocycles. The van der Waals surface area contributed by atoms with E-state index < -0.39 is 0 Å². The smallest absolute Gasteiger partial charge is 0.212 e. The normalized spacial score (nSPS) is 10.1. The van der Waals surface area contributed by atoms with E-state index in [2.05, 4.69) is 16.4 Å². The minimum absolute atomic E-state index is 0.684. The Labute approximate surface area is 85.5 Å². The maximum absolute atomic E-state index is 4.99. The molecule has 1 aromatic rings. The van der Waals surface area contributed by atoms with Crippen LogP contribution in [0.5, 0.6) is 5.88 Å². The molecule has 1 N–H and O–H groups in total. The van der Waals surface area contributed by atoms with E-state index in [0.717, 1.165) is 13.0 Å². The standard InChI is InChI=1S/C11H18N2O/c1-12-8-4-3-5-10-6-7-11(14-2)13-9-10/h6-7,9,12H,3-5,8H2,1-2H3. The van der Waals surface area contributed by atoms with E-state index >= 15 is 0 Å². The van der Waals surface area contributed by atoms with Crippen LogP contribution in [0.1, 0.15) is 18.4 Å². The molecule has 1 rings (SSSR count). The van der Waals surface area contributed by atoms with Gasteiger partial charge in [0.1, 0.15) is 0 Å². The molecular weight excluding hydrogens is 176 g/mol. The second-order valence-corrected chi connectivity index (χ2v) is 3.27. The number of aromatic nitrogens is 1. The van der Waals surface area contributed by atoms with Crippen LogP contribution in [0.15, 0.2) is 18.3 Å². The fourth-order valence-corrected chi connectivity index (χ4v) is 1.31. The van der Waals surface area contributed by atoms with Crippen LogP contribution >= 0.6 is 0 Å². The zero-order valence-electron chi connectivity index (χ0n) is 8.92. The molecule has 0 aromatic carbocycles. The number of unbranched alkanes of at least 4 members (excludes halogenated alkanes) is 1. The van der Waals surface area contributed by atoms with E-state index in [-0.39, 0.29) is 0 Å². The van der Waals surface area contributed by atoms with Crippen LogP contribution in [-0.2, 0) is 6.42 Å². The maximum atomic E-state index is 4.99.